The first-order valence-corrected chi connectivity index (χ1v) is 5.32. The number of aliphatic carboxylic acids is 1. The Morgan fingerprint density at radius 2 is 2.19 bits per heavy atom. The van der Waals surface area contributed by atoms with Crippen LogP contribution in [0.15, 0.2) is 12.7 Å². The summed E-state index contributed by atoms with van der Waals surface area (Å²) in [6, 6.07) is -0.892. The van der Waals surface area contributed by atoms with Crippen molar-refractivity contribution in [2.24, 2.45) is 0 Å². The molecule has 1 atom stereocenters. The van der Waals surface area contributed by atoms with Crippen molar-refractivity contribution < 1.29 is 19.4 Å². The van der Waals surface area contributed by atoms with Crippen LogP contribution in [-0.4, -0.2) is 36.2 Å². The van der Waals surface area contributed by atoms with Crippen molar-refractivity contribution >= 4 is 11.9 Å². The molecule has 0 aromatic carbocycles. The molecule has 0 spiro atoms. The smallest absolute Gasteiger partial charge is 0.326 e. The number of amides is 1. The molecule has 0 aromatic heterocycles. The average Bonchev–Trinajstić information content (AvgIpc) is 2.23. The summed E-state index contributed by atoms with van der Waals surface area (Å²) in [5.41, 5.74) is 0. The van der Waals surface area contributed by atoms with E-state index in [1.54, 1.807) is 0 Å². The molecular formula is C11H19NO4. The van der Waals surface area contributed by atoms with Crippen molar-refractivity contribution in [3.63, 3.8) is 0 Å². The summed E-state index contributed by atoms with van der Waals surface area (Å²) >= 11 is 0. The number of carboxylic acid groups (broad SMARTS) is 1. The topological polar surface area (TPSA) is 75.6 Å². The molecule has 0 aromatic rings. The van der Waals surface area contributed by atoms with Gasteiger partial charge in [-0.3, -0.25) is 4.79 Å². The van der Waals surface area contributed by atoms with Crippen LogP contribution in [0.3, 0.4) is 0 Å². The fraction of sp³-hybridized carbons (Fsp3) is 0.636. The maximum atomic E-state index is 11.3. The minimum absolute atomic E-state index is 0.181. The summed E-state index contributed by atoms with van der Waals surface area (Å²) < 4.78 is 5.13. The molecule has 5 nitrogen and oxygen atoms in total. The van der Waals surface area contributed by atoms with E-state index in [1.807, 2.05) is 6.92 Å². The third kappa shape index (κ3) is 7.00. The summed E-state index contributed by atoms with van der Waals surface area (Å²) in [5, 5.41) is 11.2. The van der Waals surface area contributed by atoms with Gasteiger partial charge < -0.3 is 15.2 Å². The molecule has 0 aliphatic rings. The Balaban J connectivity index is 3.81. The zero-order valence-corrected chi connectivity index (χ0v) is 9.57. The summed E-state index contributed by atoms with van der Waals surface area (Å²) in [4.78, 5) is 22.0. The Hall–Kier alpha value is -1.36. The zero-order valence-electron chi connectivity index (χ0n) is 9.57. The lowest BCUT2D eigenvalue weighted by Crippen LogP contribution is -2.40. The van der Waals surface area contributed by atoms with E-state index in [-0.39, 0.29) is 18.7 Å². The molecule has 0 bridgehead atoms. The van der Waals surface area contributed by atoms with Crippen LogP contribution in [0.5, 0.6) is 0 Å². The highest BCUT2D eigenvalue weighted by atomic mass is 16.5. The first-order chi connectivity index (χ1) is 7.61. The van der Waals surface area contributed by atoms with Gasteiger partial charge in [-0.25, -0.2) is 4.79 Å². The van der Waals surface area contributed by atoms with Crippen LogP contribution in [0.4, 0.5) is 0 Å². The van der Waals surface area contributed by atoms with Gasteiger partial charge in [0.15, 0.2) is 0 Å². The van der Waals surface area contributed by atoms with Gasteiger partial charge in [0.05, 0.1) is 6.61 Å². The number of carbonyl (C=O) groups is 2. The minimum Gasteiger partial charge on any atom is -0.480 e. The molecule has 0 aliphatic heterocycles. The molecule has 1 amide bonds. The van der Waals surface area contributed by atoms with Gasteiger partial charge in [-0.2, -0.15) is 0 Å². The largest absolute Gasteiger partial charge is 0.480 e. The van der Waals surface area contributed by atoms with Gasteiger partial charge in [0.25, 0.3) is 0 Å². The molecule has 0 rings (SSSR count). The summed E-state index contributed by atoms with van der Waals surface area (Å²) in [6.07, 6.45) is 2.76. The van der Waals surface area contributed by atoms with Gasteiger partial charge in [-0.15, -0.1) is 6.58 Å². The number of rotatable bonds is 9. The third-order valence-corrected chi connectivity index (χ3v) is 1.86. The fourth-order valence-electron chi connectivity index (χ4n) is 1.07. The van der Waals surface area contributed by atoms with Gasteiger partial charge in [-0.05, 0) is 12.8 Å². The number of hydrogen-bond acceptors (Lipinski definition) is 3. The predicted molar refractivity (Wildman–Crippen MR) is 60.1 cm³/mol. The summed E-state index contributed by atoms with van der Waals surface area (Å²) in [7, 11) is 0. The maximum absolute atomic E-state index is 11.3. The molecule has 0 heterocycles. The van der Waals surface area contributed by atoms with Crippen LogP contribution in [-0.2, 0) is 14.3 Å². The molecule has 0 saturated carbocycles. The Labute approximate surface area is 95.5 Å². The van der Waals surface area contributed by atoms with E-state index in [1.165, 1.54) is 6.08 Å². The lowest BCUT2D eigenvalue weighted by atomic mass is 10.2. The molecular weight excluding hydrogens is 210 g/mol. The summed E-state index contributed by atoms with van der Waals surface area (Å²) in [5.74, 6) is -1.37. The lowest BCUT2D eigenvalue weighted by Gasteiger charge is -2.12. The number of hydrogen-bond donors (Lipinski definition) is 2. The predicted octanol–water partition coefficient (Wildman–Crippen LogP) is 0.949. The second-order valence-corrected chi connectivity index (χ2v) is 3.35. The molecule has 0 radical (unpaired) electrons. The molecule has 1 unspecified atom stereocenters. The van der Waals surface area contributed by atoms with Crippen LogP contribution in [0.25, 0.3) is 0 Å². The van der Waals surface area contributed by atoms with E-state index in [0.29, 0.717) is 13.2 Å². The normalized spacial score (nSPS) is 11.8. The summed E-state index contributed by atoms with van der Waals surface area (Å²) in [6.45, 7) is 6.35. The van der Waals surface area contributed by atoms with Crippen LogP contribution in [0, 0.1) is 0 Å². The number of carbonyl (C=O) groups excluding carboxylic acids is 1. The standard InChI is InChI=1S/C11H19NO4/c1-3-5-9(11(14)15)12-10(13)6-8-16-7-4-2/h3,9H,1,4-8H2,2H3,(H,12,13)(H,14,15). The highest BCUT2D eigenvalue weighted by molar-refractivity contribution is 5.83. The lowest BCUT2D eigenvalue weighted by molar-refractivity contribution is -0.141. The molecule has 0 fully saturated rings. The van der Waals surface area contributed by atoms with Gasteiger partial charge >= 0.3 is 5.97 Å². The van der Waals surface area contributed by atoms with Gasteiger partial charge in [0.1, 0.15) is 6.04 Å². The Morgan fingerprint density at radius 3 is 2.69 bits per heavy atom. The van der Waals surface area contributed by atoms with Crippen molar-refractivity contribution in [3.05, 3.63) is 12.7 Å². The highest BCUT2D eigenvalue weighted by Crippen LogP contribution is 1.95. The molecule has 0 aliphatic carbocycles. The van der Waals surface area contributed by atoms with E-state index >= 15 is 0 Å². The SMILES string of the molecule is C=CCC(NC(=O)CCOCCC)C(=O)O. The first kappa shape index (κ1) is 14.6. The Bertz CT molecular complexity index is 240. The molecule has 16 heavy (non-hydrogen) atoms. The van der Waals surface area contributed by atoms with E-state index in [2.05, 4.69) is 11.9 Å². The van der Waals surface area contributed by atoms with Crippen LogP contribution >= 0.6 is 0 Å². The minimum atomic E-state index is -1.05. The van der Waals surface area contributed by atoms with Gasteiger partial charge in [0, 0.05) is 13.0 Å². The molecule has 0 saturated heterocycles. The van der Waals surface area contributed by atoms with Crippen molar-refractivity contribution in [2.75, 3.05) is 13.2 Å². The first-order valence-electron chi connectivity index (χ1n) is 5.32. The van der Waals surface area contributed by atoms with Crippen molar-refractivity contribution in [3.8, 4) is 0 Å². The highest BCUT2D eigenvalue weighted by Gasteiger charge is 2.17. The van der Waals surface area contributed by atoms with Gasteiger partial charge in [0.2, 0.25) is 5.91 Å². The average molecular weight is 229 g/mol. The number of nitrogens with one attached hydrogen (secondary N) is 1. The van der Waals surface area contributed by atoms with E-state index in [4.69, 9.17) is 9.84 Å². The number of carboxylic acids is 1. The van der Waals surface area contributed by atoms with Gasteiger partial charge in [-0.1, -0.05) is 13.0 Å². The van der Waals surface area contributed by atoms with Crippen LogP contribution < -0.4 is 5.32 Å². The zero-order chi connectivity index (χ0) is 12.4. The van der Waals surface area contributed by atoms with Crippen molar-refractivity contribution in [1.29, 1.82) is 0 Å². The monoisotopic (exact) mass is 229 g/mol. The van der Waals surface area contributed by atoms with Crippen LogP contribution in [0.1, 0.15) is 26.2 Å². The second-order valence-electron chi connectivity index (χ2n) is 3.35. The number of ether oxygens (including phenoxy) is 1. The van der Waals surface area contributed by atoms with Crippen molar-refractivity contribution in [2.45, 2.75) is 32.2 Å². The van der Waals surface area contributed by atoms with Crippen molar-refractivity contribution in [1.82, 2.24) is 5.32 Å². The Kier molecular flexibility index (Phi) is 8.15. The molecule has 92 valence electrons. The molecule has 2 N–H and O–H groups in total. The second kappa shape index (κ2) is 8.91. The Morgan fingerprint density at radius 1 is 1.50 bits per heavy atom. The van der Waals surface area contributed by atoms with E-state index in [9.17, 15) is 9.59 Å². The van der Waals surface area contributed by atoms with E-state index in [0.717, 1.165) is 6.42 Å². The molecule has 5 heteroatoms. The third-order valence-electron chi connectivity index (χ3n) is 1.86. The fourth-order valence-corrected chi connectivity index (χ4v) is 1.07. The maximum Gasteiger partial charge on any atom is 0.326 e. The van der Waals surface area contributed by atoms with E-state index < -0.39 is 12.0 Å². The quantitative estimate of drug-likeness (QED) is 0.456. The van der Waals surface area contributed by atoms with Crippen LogP contribution in [0.2, 0.25) is 0 Å².